The minimum atomic E-state index is -0.968. The molecule has 5 aliphatic rings. The number of carbonyl (C=O) groups excluding carboxylic acids is 1. The fourth-order valence-corrected chi connectivity index (χ4v) is 12.4. The zero-order valence-corrected chi connectivity index (χ0v) is 26.3. The topological polar surface area (TPSA) is 94.9 Å². The summed E-state index contributed by atoms with van der Waals surface area (Å²) in [7, 11) is 0. The molecule has 6 nitrogen and oxygen atoms in total. The molecule has 0 unspecified atom stereocenters. The van der Waals surface area contributed by atoms with Crippen LogP contribution in [0.2, 0.25) is 0 Å². The summed E-state index contributed by atoms with van der Waals surface area (Å²) < 4.78 is 0. The van der Waals surface area contributed by atoms with Gasteiger partial charge in [-0.3, -0.25) is 9.59 Å². The number of aliphatic carboxylic acids is 1. The maximum atomic E-state index is 14.2. The number of carboxylic acid groups (broad SMARTS) is 2. The van der Waals surface area contributed by atoms with E-state index in [1.54, 1.807) is 24.3 Å². The Morgan fingerprint density at radius 2 is 1.52 bits per heavy atom. The molecule has 228 valence electrons. The van der Waals surface area contributed by atoms with Crippen LogP contribution < -0.4 is 4.90 Å². The molecule has 0 bridgehead atoms. The molecular formula is C36H49NO5. The summed E-state index contributed by atoms with van der Waals surface area (Å²) in [5, 5.41) is 20.0. The van der Waals surface area contributed by atoms with Gasteiger partial charge in [-0.05, 0) is 142 Å². The van der Waals surface area contributed by atoms with Crippen molar-refractivity contribution in [3.63, 3.8) is 0 Å². The molecule has 1 amide bonds. The van der Waals surface area contributed by atoms with Gasteiger partial charge in [0.15, 0.2) is 0 Å². The monoisotopic (exact) mass is 575 g/mol. The van der Waals surface area contributed by atoms with Crippen molar-refractivity contribution >= 4 is 23.5 Å². The Balaban J connectivity index is 1.36. The van der Waals surface area contributed by atoms with Crippen LogP contribution in [0.1, 0.15) is 110 Å². The van der Waals surface area contributed by atoms with Gasteiger partial charge < -0.3 is 15.1 Å². The first kappa shape index (κ1) is 29.4. The molecule has 1 aliphatic heterocycles. The van der Waals surface area contributed by atoms with Gasteiger partial charge in [0.1, 0.15) is 0 Å². The number of carboxylic acids is 2. The van der Waals surface area contributed by atoms with Gasteiger partial charge in [-0.1, -0.05) is 32.9 Å². The van der Waals surface area contributed by atoms with E-state index in [0.717, 1.165) is 62.6 Å². The van der Waals surface area contributed by atoms with E-state index in [4.69, 9.17) is 0 Å². The predicted octanol–water partition coefficient (Wildman–Crippen LogP) is 7.82. The van der Waals surface area contributed by atoms with E-state index in [1.165, 1.54) is 0 Å². The number of anilines is 1. The Kier molecular flexibility index (Phi) is 6.44. The first-order valence-corrected chi connectivity index (χ1v) is 16.1. The molecule has 5 fully saturated rings. The van der Waals surface area contributed by atoms with E-state index in [0.29, 0.717) is 24.2 Å². The van der Waals surface area contributed by atoms with Crippen LogP contribution in [-0.2, 0) is 9.59 Å². The number of amides is 1. The van der Waals surface area contributed by atoms with E-state index in [-0.39, 0.29) is 39.6 Å². The molecule has 0 radical (unpaired) electrons. The number of piperidine rings is 1. The molecule has 1 saturated heterocycles. The summed E-state index contributed by atoms with van der Waals surface area (Å²) in [6.07, 6.45) is 8.04. The molecule has 6 heteroatoms. The van der Waals surface area contributed by atoms with Gasteiger partial charge in [0.25, 0.3) is 0 Å². The second kappa shape index (κ2) is 9.19. The van der Waals surface area contributed by atoms with Crippen molar-refractivity contribution in [2.75, 3.05) is 4.90 Å². The Morgan fingerprint density at radius 3 is 2.12 bits per heavy atom. The van der Waals surface area contributed by atoms with E-state index < -0.39 is 22.9 Å². The molecule has 42 heavy (non-hydrogen) atoms. The number of carbonyl (C=O) groups is 3. The standard InChI is InChI=1S/C36H49NO5/c1-21(2)24-14-17-36(31(41)42)19-18-34(6)25(29(24)36)12-13-27-33(5)20-28(38)37(23-10-8-22(9-11-23)30(39)40)32(3,4)26(33)15-16-35(27,34)7/h8-11,24-27,29H,1,12-20H2,2-7H3,(H,39,40)(H,41,42)/t24-,25+,26-,27+,29+,33-,34+,35+,36-/m0/s1. The predicted molar refractivity (Wildman–Crippen MR) is 163 cm³/mol. The zero-order chi connectivity index (χ0) is 30.6. The van der Waals surface area contributed by atoms with Crippen molar-refractivity contribution in [3.8, 4) is 0 Å². The van der Waals surface area contributed by atoms with Gasteiger partial charge in [0.2, 0.25) is 5.91 Å². The normalized spacial score (nSPS) is 43.9. The van der Waals surface area contributed by atoms with Gasteiger partial charge >= 0.3 is 11.9 Å². The van der Waals surface area contributed by atoms with Crippen LogP contribution in [0.4, 0.5) is 5.69 Å². The highest BCUT2D eigenvalue weighted by atomic mass is 16.4. The van der Waals surface area contributed by atoms with E-state index in [2.05, 4.69) is 48.1 Å². The number of benzene rings is 1. The second-order valence-corrected chi connectivity index (χ2v) is 16.1. The molecule has 2 N–H and O–H groups in total. The lowest BCUT2D eigenvalue weighted by molar-refractivity contribution is -0.229. The molecule has 1 aromatic rings. The highest BCUT2D eigenvalue weighted by Crippen LogP contribution is 2.77. The van der Waals surface area contributed by atoms with Crippen molar-refractivity contribution in [1.29, 1.82) is 0 Å². The summed E-state index contributed by atoms with van der Waals surface area (Å²) >= 11 is 0. The molecule has 0 spiro atoms. The average molecular weight is 576 g/mol. The first-order valence-electron chi connectivity index (χ1n) is 16.1. The molecule has 6 rings (SSSR count). The van der Waals surface area contributed by atoms with Crippen LogP contribution in [-0.4, -0.2) is 33.6 Å². The van der Waals surface area contributed by atoms with Crippen LogP contribution in [0.25, 0.3) is 0 Å². The van der Waals surface area contributed by atoms with E-state index >= 15 is 0 Å². The summed E-state index contributed by atoms with van der Waals surface area (Å²) in [5.74, 6) is -0.00287. The van der Waals surface area contributed by atoms with Crippen LogP contribution >= 0.6 is 0 Å². The Morgan fingerprint density at radius 1 is 0.857 bits per heavy atom. The molecule has 1 aromatic carbocycles. The largest absolute Gasteiger partial charge is 0.481 e. The SMILES string of the molecule is C=C(C)[C@@H]1CC[C@]2(C(=O)O)CC[C@]3(C)[C@H](CC[C@@H]4[C@@]5(C)CC(=O)N(c6ccc(C(=O)O)cc6)C(C)(C)[C@@H]5CC[C@]43C)[C@@H]12. The summed E-state index contributed by atoms with van der Waals surface area (Å²) in [6, 6.07) is 6.75. The molecule has 1 heterocycles. The van der Waals surface area contributed by atoms with Gasteiger partial charge in [-0.2, -0.15) is 0 Å². The minimum Gasteiger partial charge on any atom is -0.481 e. The summed E-state index contributed by atoms with van der Waals surface area (Å²) in [4.78, 5) is 40.5. The lowest BCUT2D eigenvalue weighted by Crippen LogP contribution is -2.71. The number of nitrogens with zero attached hydrogens (tertiary/aromatic N) is 1. The number of rotatable bonds is 4. The number of allylic oxidation sites excluding steroid dienone is 1. The number of aromatic carboxylic acids is 1. The van der Waals surface area contributed by atoms with Gasteiger partial charge in [-0.25, -0.2) is 4.79 Å². The van der Waals surface area contributed by atoms with Crippen LogP contribution in [0, 0.1) is 51.2 Å². The molecule has 9 atom stereocenters. The van der Waals surface area contributed by atoms with E-state index in [9.17, 15) is 24.6 Å². The fraction of sp³-hybridized carbons (Fsp3) is 0.694. The third kappa shape index (κ3) is 3.59. The molecule has 4 aliphatic carbocycles. The van der Waals surface area contributed by atoms with Gasteiger partial charge in [0, 0.05) is 17.6 Å². The number of fused-ring (bicyclic) bond motifs is 7. The van der Waals surface area contributed by atoms with Crippen molar-refractivity contribution in [2.45, 2.75) is 105 Å². The molecular weight excluding hydrogens is 526 g/mol. The number of hydrogen-bond acceptors (Lipinski definition) is 3. The maximum Gasteiger partial charge on any atom is 0.335 e. The Bertz CT molecular complexity index is 1350. The maximum absolute atomic E-state index is 14.2. The van der Waals surface area contributed by atoms with Crippen molar-refractivity contribution in [3.05, 3.63) is 42.0 Å². The molecule has 0 aromatic heterocycles. The van der Waals surface area contributed by atoms with Crippen molar-refractivity contribution < 1.29 is 24.6 Å². The zero-order valence-electron chi connectivity index (χ0n) is 26.3. The first-order chi connectivity index (χ1) is 19.5. The highest BCUT2D eigenvalue weighted by molar-refractivity contribution is 5.97. The lowest BCUT2D eigenvalue weighted by atomic mass is 9.33. The van der Waals surface area contributed by atoms with E-state index in [1.807, 2.05) is 4.90 Å². The highest BCUT2D eigenvalue weighted by Gasteiger charge is 2.72. The average Bonchev–Trinajstić information content (AvgIpc) is 3.30. The quantitative estimate of drug-likeness (QED) is 0.357. The molecule has 4 saturated carbocycles. The second-order valence-electron chi connectivity index (χ2n) is 16.1. The smallest absolute Gasteiger partial charge is 0.335 e. The van der Waals surface area contributed by atoms with Gasteiger partial charge in [-0.15, -0.1) is 0 Å². The van der Waals surface area contributed by atoms with Crippen LogP contribution in [0.15, 0.2) is 36.4 Å². The fourth-order valence-electron chi connectivity index (χ4n) is 12.4. The number of hydrogen-bond donors (Lipinski definition) is 2. The summed E-state index contributed by atoms with van der Waals surface area (Å²) in [5.41, 5.74) is 0.964. The summed E-state index contributed by atoms with van der Waals surface area (Å²) in [6.45, 7) is 18.2. The van der Waals surface area contributed by atoms with Crippen LogP contribution in [0.3, 0.4) is 0 Å². The lowest BCUT2D eigenvalue weighted by Gasteiger charge is -2.72. The Labute approximate surface area is 250 Å². The Hall–Kier alpha value is -2.63. The third-order valence-corrected chi connectivity index (χ3v) is 14.3. The third-order valence-electron chi connectivity index (χ3n) is 14.3. The minimum absolute atomic E-state index is 0.0164. The van der Waals surface area contributed by atoms with Gasteiger partial charge in [0.05, 0.1) is 11.0 Å². The van der Waals surface area contributed by atoms with Crippen molar-refractivity contribution in [2.24, 2.45) is 51.2 Å². The van der Waals surface area contributed by atoms with Crippen LogP contribution in [0.5, 0.6) is 0 Å². The van der Waals surface area contributed by atoms with Crippen molar-refractivity contribution in [1.82, 2.24) is 0 Å².